The van der Waals surface area contributed by atoms with E-state index in [9.17, 15) is 30.3 Å². The standard InChI is InChI=1S/C19H38N6O11/c20-2-6-11(27)12(28)9(24)17(33-6)35-15-4(21)1-5(22)16(14(15)30)36-18-13(29)8(23)10(26)7(34-18)3-32-19(25)31/h4-18,26-30H,1-3,20-24H2,(H2,25,31)/p+5/t4-,5+,6+,7+,8-,9+,10+,11+,12+,13+,14-,15+,16-,17+,18+/m0/s1. The average Bonchev–Trinajstić information content (AvgIpc) is 2.83. The Bertz CT molecular complexity index is 740. The molecule has 2 aliphatic heterocycles. The van der Waals surface area contributed by atoms with Crippen LogP contribution in [0.3, 0.4) is 0 Å². The van der Waals surface area contributed by atoms with E-state index in [0.717, 1.165) is 0 Å². The summed E-state index contributed by atoms with van der Waals surface area (Å²) < 4.78 is 28.0. The molecule has 15 atom stereocenters. The maximum atomic E-state index is 11.2. The van der Waals surface area contributed by atoms with Gasteiger partial charge in [0, 0.05) is 0 Å². The molecule has 36 heavy (non-hydrogen) atoms. The molecule has 0 aromatic rings. The SMILES string of the molecule is NC(=O)OC[C@H]1O[C@H](O[C@@H]2[C@@H](O)[C@H](O[C@H]3O[C@H](C[NH3+])[C@@H](O)[C@H](O)[C@H]3[NH3+])[C@@H]([NH3+])C[C@H]2[NH3+])[C@H](O)[C@@H]([NH3+])[C@@H]1O. The lowest BCUT2D eigenvalue weighted by Gasteiger charge is -2.45. The molecule has 0 spiro atoms. The second-order valence-corrected chi connectivity index (χ2v) is 9.74. The summed E-state index contributed by atoms with van der Waals surface area (Å²) in [5.74, 6) is 0. The van der Waals surface area contributed by atoms with Crippen molar-refractivity contribution in [2.75, 3.05) is 13.2 Å². The summed E-state index contributed by atoms with van der Waals surface area (Å²) >= 11 is 0. The van der Waals surface area contributed by atoms with Crippen molar-refractivity contribution in [2.45, 2.75) is 98.1 Å². The molecule has 0 unspecified atom stereocenters. The second kappa shape index (κ2) is 12.0. The van der Waals surface area contributed by atoms with Gasteiger partial charge in [-0.2, -0.15) is 0 Å². The molecule has 0 bridgehead atoms. The molecule has 210 valence electrons. The zero-order chi connectivity index (χ0) is 26.9. The van der Waals surface area contributed by atoms with Gasteiger partial charge < -0.3 is 83.6 Å². The van der Waals surface area contributed by atoms with E-state index in [1.807, 2.05) is 0 Å². The van der Waals surface area contributed by atoms with Crippen LogP contribution < -0.4 is 34.4 Å². The third-order valence-corrected chi connectivity index (χ3v) is 7.14. The summed E-state index contributed by atoms with van der Waals surface area (Å²) in [6, 6.07) is -2.76. The van der Waals surface area contributed by atoms with Crippen LogP contribution in [0.4, 0.5) is 4.79 Å². The van der Waals surface area contributed by atoms with Gasteiger partial charge in [-0.15, -0.1) is 0 Å². The molecule has 3 aliphatic rings. The summed E-state index contributed by atoms with van der Waals surface area (Å²) in [7, 11) is 0. The van der Waals surface area contributed by atoms with Gasteiger partial charge in [0.25, 0.3) is 0 Å². The van der Waals surface area contributed by atoms with E-state index in [4.69, 9.17) is 29.4 Å². The molecular formula is C19H43N6O11+5. The molecule has 0 radical (unpaired) electrons. The normalized spacial score (nSPS) is 50.0. The molecule has 2 saturated heterocycles. The maximum absolute atomic E-state index is 11.2. The first-order valence-corrected chi connectivity index (χ1v) is 11.9. The fourth-order valence-corrected chi connectivity index (χ4v) is 4.88. The third-order valence-electron chi connectivity index (χ3n) is 7.14. The van der Waals surface area contributed by atoms with Crippen LogP contribution in [-0.2, 0) is 23.7 Å². The number of hydrogen-bond donors (Lipinski definition) is 11. The summed E-state index contributed by atoms with van der Waals surface area (Å²) in [5.41, 5.74) is 24.3. The molecular weight excluding hydrogens is 488 g/mol. The topological polar surface area (TPSA) is 329 Å². The Hall–Kier alpha value is -1.29. The van der Waals surface area contributed by atoms with Gasteiger partial charge in [0.15, 0.2) is 18.4 Å². The lowest BCUT2D eigenvalue weighted by Crippen LogP contribution is -2.84. The van der Waals surface area contributed by atoms with E-state index < -0.39 is 104 Å². The quantitative estimate of drug-likeness (QED) is 0.146. The number of amides is 1. The van der Waals surface area contributed by atoms with Gasteiger partial charge >= 0.3 is 6.09 Å². The molecule has 1 amide bonds. The fourth-order valence-electron chi connectivity index (χ4n) is 4.88. The summed E-state index contributed by atoms with van der Waals surface area (Å²) in [6.45, 7) is -0.220. The summed E-state index contributed by atoms with van der Waals surface area (Å²) in [6.07, 6.45) is -13.3. The predicted molar refractivity (Wildman–Crippen MR) is 112 cm³/mol. The highest BCUT2D eigenvalue weighted by Gasteiger charge is 2.54. The van der Waals surface area contributed by atoms with E-state index >= 15 is 0 Å². The fraction of sp³-hybridized carbons (Fsp3) is 0.947. The maximum Gasteiger partial charge on any atom is 0.404 e. The van der Waals surface area contributed by atoms with Crippen LogP contribution in [0.25, 0.3) is 0 Å². The van der Waals surface area contributed by atoms with E-state index in [1.54, 1.807) is 0 Å². The van der Waals surface area contributed by atoms with E-state index in [0.29, 0.717) is 6.42 Å². The number of aliphatic hydroxyl groups excluding tert-OH is 5. The van der Waals surface area contributed by atoms with Crippen LogP contribution in [-0.4, -0.2) is 136 Å². The highest BCUT2D eigenvalue weighted by atomic mass is 16.7. The largest absolute Gasteiger partial charge is 0.447 e. The highest BCUT2D eigenvalue weighted by Crippen LogP contribution is 2.29. The molecule has 0 aromatic heterocycles. The number of nitrogens with two attached hydrogens (primary N) is 1. The van der Waals surface area contributed by atoms with Crippen molar-refractivity contribution in [1.29, 1.82) is 0 Å². The van der Waals surface area contributed by atoms with Crippen LogP contribution in [0.15, 0.2) is 0 Å². The number of rotatable bonds is 7. The first-order valence-electron chi connectivity index (χ1n) is 11.9. The Balaban J connectivity index is 1.72. The first-order chi connectivity index (χ1) is 16.9. The van der Waals surface area contributed by atoms with Gasteiger partial charge in [0.1, 0.15) is 80.1 Å². The number of hydrogen-bond acceptors (Lipinski definition) is 11. The average molecular weight is 532 g/mol. The Morgan fingerprint density at radius 2 is 1.33 bits per heavy atom. The van der Waals surface area contributed by atoms with Gasteiger partial charge in [-0.3, -0.25) is 0 Å². The van der Waals surface area contributed by atoms with Gasteiger partial charge in [0.05, 0.1) is 6.42 Å². The van der Waals surface area contributed by atoms with Crippen molar-refractivity contribution in [3.8, 4) is 0 Å². The first kappa shape index (κ1) is 29.3. The second-order valence-electron chi connectivity index (χ2n) is 9.74. The minimum Gasteiger partial charge on any atom is -0.447 e. The van der Waals surface area contributed by atoms with Crippen LogP contribution >= 0.6 is 0 Å². The van der Waals surface area contributed by atoms with Crippen molar-refractivity contribution in [3.05, 3.63) is 0 Å². The molecule has 17 heteroatoms. The van der Waals surface area contributed by atoms with Gasteiger partial charge in [-0.1, -0.05) is 0 Å². The molecule has 0 aromatic carbocycles. The predicted octanol–water partition coefficient (Wildman–Crippen LogP) is -10.8. The number of ether oxygens (including phenoxy) is 5. The van der Waals surface area contributed by atoms with Crippen LogP contribution in [0, 0.1) is 0 Å². The van der Waals surface area contributed by atoms with Crippen molar-refractivity contribution in [1.82, 2.24) is 0 Å². The Morgan fingerprint density at radius 3 is 1.89 bits per heavy atom. The lowest BCUT2D eigenvalue weighted by molar-refractivity contribution is -0.539. The van der Waals surface area contributed by atoms with Crippen molar-refractivity contribution in [3.63, 3.8) is 0 Å². The van der Waals surface area contributed by atoms with Crippen molar-refractivity contribution >= 4 is 6.09 Å². The van der Waals surface area contributed by atoms with E-state index in [-0.39, 0.29) is 6.54 Å². The van der Waals surface area contributed by atoms with Crippen LogP contribution in [0.5, 0.6) is 0 Å². The Morgan fingerprint density at radius 1 is 0.778 bits per heavy atom. The molecule has 22 N–H and O–H groups in total. The number of aliphatic hydroxyl groups is 5. The lowest BCUT2D eigenvalue weighted by atomic mass is 9.84. The van der Waals surface area contributed by atoms with E-state index in [2.05, 4.69) is 28.7 Å². The highest BCUT2D eigenvalue weighted by molar-refractivity contribution is 5.64. The van der Waals surface area contributed by atoms with Gasteiger partial charge in [-0.05, 0) is 0 Å². The minimum atomic E-state index is -1.37. The van der Waals surface area contributed by atoms with Crippen LogP contribution in [0.1, 0.15) is 6.42 Å². The number of quaternary nitrogens is 5. The number of primary amides is 1. The summed E-state index contributed by atoms with van der Waals surface area (Å²) in [4.78, 5) is 11.0. The molecule has 3 fully saturated rings. The molecule has 1 saturated carbocycles. The monoisotopic (exact) mass is 531 g/mol. The zero-order valence-corrected chi connectivity index (χ0v) is 20.1. The molecule has 17 nitrogen and oxygen atoms in total. The molecule has 2 heterocycles. The Labute approximate surface area is 206 Å². The van der Waals surface area contributed by atoms with Crippen LogP contribution in [0.2, 0.25) is 0 Å². The van der Waals surface area contributed by atoms with Crippen molar-refractivity contribution < 1.29 is 82.7 Å². The summed E-state index contributed by atoms with van der Waals surface area (Å²) in [5, 5.41) is 52.6. The van der Waals surface area contributed by atoms with Gasteiger partial charge in [-0.25, -0.2) is 4.79 Å². The Kier molecular flexibility index (Phi) is 9.80. The van der Waals surface area contributed by atoms with Gasteiger partial charge in [0.2, 0.25) is 6.29 Å². The smallest absolute Gasteiger partial charge is 0.404 e. The number of carbonyl (C=O) groups is 1. The number of carbonyl (C=O) groups excluding carboxylic acids is 1. The molecule has 3 rings (SSSR count). The zero-order valence-electron chi connectivity index (χ0n) is 20.1. The minimum absolute atomic E-state index is 0.175. The molecule has 1 aliphatic carbocycles. The van der Waals surface area contributed by atoms with E-state index in [1.165, 1.54) is 0 Å². The van der Waals surface area contributed by atoms with Crippen molar-refractivity contribution in [2.24, 2.45) is 5.73 Å². The third kappa shape index (κ3) is 6.05.